The molecular formula is C19H27NO3. The Bertz CT molecular complexity index is 607. The zero-order valence-electron chi connectivity index (χ0n) is 14.8. The monoisotopic (exact) mass is 317 g/mol. The van der Waals surface area contributed by atoms with Crippen LogP contribution in [0, 0.1) is 0 Å². The van der Waals surface area contributed by atoms with Crippen LogP contribution in [0.1, 0.15) is 25.0 Å². The van der Waals surface area contributed by atoms with Crippen LogP contribution in [0.3, 0.4) is 0 Å². The first-order valence-corrected chi connectivity index (χ1v) is 7.94. The third-order valence-electron chi connectivity index (χ3n) is 4.37. The topological polar surface area (TPSA) is 30.9 Å². The van der Waals surface area contributed by atoms with Crippen molar-refractivity contribution in [3.05, 3.63) is 47.2 Å². The summed E-state index contributed by atoms with van der Waals surface area (Å²) in [5, 5.41) is 0. The van der Waals surface area contributed by atoms with Gasteiger partial charge in [-0.2, -0.15) is 0 Å². The van der Waals surface area contributed by atoms with Gasteiger partial charge in [0.2, 0.25) is 0 Å². The molecule has 0 N–H and O–H groups in total. The van der Waals surface area contributed by atoms with Crippen LogP contribution in [0.5, 0.6) is 11.5 Å². The number of hydrogen-bond acceptors (Lipinski definition) is 4. The molecule has 0 radical (unpaired) electrons. The van der Waals surface area contributed by atoms with Crippen molar-refractivity contribution in [1.29, 1.82) is 0 Å². The lowest BCUT2D eigenvalue weighted by atomic mass is 9.89. The van der Waals surface area contributed by atoms with Gasteiger partial charge in [0, 0.05) is 23.7 Å². The second-order valence-corrected chi connectivity index (χ2v) is 5.85. The molecule has 0 spiro atoms. The van der Waals surface area contributed by atoms with E-state index < -0.39 is 0 Å². The van der Waals surface area contributed by atoms with Gasteiger partial charge in [-0.25, -0.2) is 0 Å². The smallest absolute Gasteiger partial charge is 0.123 e. The maximum Gasteiger partial charge on any atom is 0.123 e. The molecule has 1 atom stereocenters. The molecule has 0 saturated carbocycles. The number of likely N-dealkylation sites (N-methyl/N-ethyl adjacent to an activating group) is 1. The lowest BCUT2D eigenvalue weighted by Gasteiger charge is -2.36. The van der Waals surface area contributed by atoms with Crippen LogP contribution in [-0.4, -0.2) is 38.8 Å². The highest BCUT2D eigenvalue weighted by Crippen LogP contribution is 2.37. The van der Waals surface area contributed by atoms with Crippen LogP contribution >= 0.6 is 0 Å². The van der Waals surface area contributed by atoms with Gasteiger partial charge in [-0.15, -0.1) is 0 Å². The fraction of sp³-hybridized carbons (Fsp3) is 0.474. The Kier molecular flexibility index (Phi) is 5.72. The van der Waals surface area contributed by atoms with Crippen molar-refractivity contribution in [1.82, 2.24) is 4.90 Å². The Balaban J connectivity index is 2.34. The third-order valence-corrected chi connectivity index (χ3v) is 4.37. The summed E-state index contributed by atoms with van der Waals surface area (Å²) in [5.41, 5.74) is 3.67. The molecule has 0 saturated heterocycles. The van der Waals surface area contributed by atoms with Gasteiger partial charge in [-0.05, 0) is 45.5 Å². The summed E-state index contributed by atoms with van der Waals surface area (Å²) in [5.74, 6) is 2.56. The van der Waals surface area contributed by atoms with Crippen molar-refractivity contribution in [3.63, 3.8) is 0 Å². The summed E-state index contributed by atoms with van der Waals surface area (Å²) in [6, 6.07) is 4.25. The fourth-order valence-electron chi connectivity index (χ4n) is 3.22. The highest BCUT2D eigenvalue weighted by Gasteiger charge is 2.29. The minimum atomic E-state index is 0.292. The van der Waals surface area contributed by atoms with Gasteiger partial charge >= 0.3 is 0 Å². The lowest BCUT2D eigenvalue weighted by Crippen LogP contribution is -2.38. The van der Waals surface area contributed by atoms with E-state index in [2.05, 4.69) is 25.5 Å². The number of nitrogens with zero attached hydrogens (tertiary/aromatic N) is 1. The summed E-state index contributed by atoms with van der Waals surface area (Å²) in [6.45, 7) is 9.50. The summed E-state index contributed by atoms with van der Waals surface area (Å²) >= 11 is 0. The van der Waals surface area contributed by atoms with Gasteiger partial charge in [0.15, 0.2) is 0 Å². The molecule has 4 heteroatoms. The van der Waals surface area contributed by atoms with Crippen LogP contribution in [0.4, 0.5) is 0 Å². The van der Waals surface area contributed by atoms with E-state index in [9.17, 15) is 0 Å². The summed E-state index contributed by atoms with van der Waals surface area (Å²) < 4.78 is 16.5. The zero-order valence-corrected chi connectivity index (χ0v) is 14.8. The van der Waals surface area contributed by atoms with Gasteiger partial charge in [0.25, 0.3) is 0 Å². The molecule has 1 aromatic carbocycles. The molecule has 126 valence electrons. The highest BCUT2D eigenvalue weighted by atomic mass is 16.5. The second kappa shape index (κ2) is 7.55. The summed E-state index contributed by atoms with van der Waals surface area (Å²) in [4.78, 5) is 2.33. The van der Waals surface area contributed by atoms with E-state index in [1.54, 1.807) is 14.2 Å². The van der Waals surface area contributed by atoms with Gasteiger partial charge in [-0.1, -0.05) is 12.2 Å². The van der Waals surface area contributed by atoms with Crippen molar-refractivity contribution in [2.45, 2.75) is 32.9 Å². The van der Waals surface area contributed by atoms with E-state index in [1.165, 1.54) is 16.7 Å². The van der Waals surface area contributed by atoms with Gasteiger partial charge in [0.05, 0.1) is 20.8 Å². The molecule has 0 aromatic heterocycles. The molecule has 1 heterocycles. The van der Waals surface area contributed by atoms with Crippen molar-refractivity contribution < 1.29 is 14.2 Å². The summed E-state index contributed by atoms with van der Waals surface area (Å²) in [6.07, 6.45) is 2.91. The van der Waals surface area contributed by atoms with Crippen LogP contribution in [0.2, 0.25) is 0 Å². The first kappa shape index (κ1) is 17.4. The maximum absolute atomic E-state index is 5.56. The number of rotatable bonds is 6. The van der Waals surface area contributed by atoms with Gasteiger partial charge < -0.3 is 14.2 Å². The molecule has 0 amide bonds. The van der Waals surface area contributed by atoms with E-state index in [0.29, 0.717) is 18.4 Å². The van der Waals surface area contributed by atoms with Crippen LogP contribution in [-0.2, 0) is 17.7 Å². The Morgan fingerprint density at radius 1 is 1.26 bits per heavy atom. The Morgan fingerprint density at radius 3 is 2.43 bits per heavy atom. The van der Waals surface area contributed by atoms with Crippen molar-refractivity contribution >= 4 is 0 Å². The minimum Gasteiger partial charge on any atom is -0.496 e. The second-order valence-electron chi connectivity index (χ2n) is 5.85. The first-order chi connectivity index (χ1) is 11.0. The quantitative estimate of drug-likeness (QED) is 0.593. The van der Waals surface area contributed by atoms with Crippen LogP contribution in [0.25, 0.3) is 0 Å². The molecule has 23 heavy (non-hydrogen) atoms. The molecule has 1 aliphatic heterocycles. The van der Waals surface area contributed by atoms with Crippen LogP contribution in [0.15, 0.2) is 36.1 Å². The average Bonchev–Trinajstić information content (AvgIpc) is 2.53. The Hall–Kier alpha value is -1.94. The maximum atomic E-state index is 5.56. The molecule has 2 rings (SSSR count). The number of benzene rings is 1. The molecular weight excluding hydrogens is 290 g/mol. The molecule has 4 nitrogen and oxygen atoms in total. The Morgan fingerprint density at radius 2 is 1.87 bits per heavy atom. The fourth-order valence-corrected chi connectivity index (χ4v) is 3.22. The number of ether oxygens (including phenoxy) is 3. The molecule has 0 bridgehead atoms. The first-order valence-electron chi connectivity index (χ1n) is 7.94. The SMILES string of the molecule is C=C(C=C(C)C1Cc2c(OC)ccc(OC)c2CN1C)OCC. The number of allylic oxidation sites excluding steroid dienone is 1. The number of methoxy groups -OCH3 is 2. The average molecular weight is 317 g/mol. The van der Waals surface area contributed by atoms with E-state index >= 15 is 0 Å². The minimum absolute atomic E-state index is 0.292. The van der Waals surface area contributed by atoms with E-state index in [-0.39, 0.29) is 0 Å². The van der Waals surface area contributed by atoms with Gasteiger partial charge in [0.1, 0.15) is 17.3 Å². The van der Waals surface area contributed by atoms with Crippen molar-refractivity contribution in [2.24, 2.45) is 0 Å². The third kappa shape index (κ3) is 3.70. The van der Waals surface area contributed by atoms with E-state index in [1.807, 2.05) is 25.1 Å². The highest BCUT2D eigenvalue weighted by molar-refractivity contribution is 5.51. The van der Waals surface area contributed by atoms with Gasteiger partial charge in [-0.3, -0.25) is 4.90 Å². The lowest BCUT2D eigenvalue weighted by molar-refractivity contribution is 0.228. The van der Waals surface area contributed by atoms with Crippen molar-refractivity contribution in [3.8, 4) is 11.5 Å². The molecule has 0 fully saturated rings. The predicted molar refractivity (Wildman–Crippen MR) is 93.0 cm³/mol. The predicted octanol–water partition coefficient (Wildman–Crippen LogP) is 3.56. The number of hydrogen-bond donors (Lipinski definition) is 0. The normalized spacial score (nSPS) is 18.3. The van der Waals surface area contributed by atoms with Crippen molar-refractivity contribution in [2.75, 3.05) is 27.9 Å². The standard InChI is InChI=1S/C19H27NO3/c1-7-23-14(3)10-13(2)17-11-15-16(12-20(17)4)19(22-6)9-8-18(15)21-5/h8-10,17H,3,7,11-12H2,1-2,4-6H3. The van der Waals surface area contributed by atoms with Crippen LogP contribution < -0.4 is 9.47 Å². The molecule has 1 aliphatic rings. The zero-order chi connectivity index (χ0) is 17.0. The van der Waals surface area contributed by atoms with E-state index in [0.717, 1.165) is 24.5 Å². The summed E-state index contributed by atoms with van der Waals surface area (Å²) in [7, 11) is 5.56. The molecule has 1 aromatic rings. The Labute approximate surface area is 139 Å². The molecule has 0 aliphatic carbocycles. The molecule has 1 unspecified atom stereocenters. The largest absolute Gasteiger partial charge is 0.496 e. The number of fused-ring (bicyclic) bond motifs is 1. The van der Waals surface area contributed by atoms with E-state index in [4.69, 9.17) is 14.2 Å².